The molecule has 134 valence electrons. The Morgan fingerprint density at radius 2 is 1.92 bits per heavy atom. The number of aromatic nitrogens is 3. The minimum Gasteiger partial charge on any atom is -0.300 e. The fourth-order valence-corrected chi connectivity index (χ4v) is 5.25. The van der Waals surface area contributed by atoms with Crippen molar-refractivity contribution in [2.75, 3.05) is 13.1 Å². The molecule has 0 spiro atoms. The third-order valence-corrected chi connectivity index (χ3v) is 6.87. The van der Waals surface area contributed by atoms with Crippen LogP contribution < -0.4 is 5.56 Å². The lowest BCUT2D eigenvalue weighted by Crippen LogP contribution is -2.42. The van der Waals surface area contributed by atoms with Crippen molar-refractivity contribution in [1.82, 2.24) is 19.7 Å². The van der Waals surface area contributed by atoms with E-state index in [4.69, 9.17) is 4.98 Å². The van der Waals surface area contributed by atoms with E-state index >= 15 is 0 Å². The Bertz CT molecular complexity index is 1010. The summed E-state index contributed by atoms with van der Waals surface area (Å²) in [6, 6.07) is 10.1. The lowest BCUT2D eigenvalue weighted by Gasteiger charge is -2.40. The molecule has 2 fully saturated rings. The minimum absolute atomic E-state index is 0.105. The highest BCUT2D eigenvalue weighted by Crippen LogP contribution is 2.43. The molecule has 0 atom stereocenters. The SMILES string of the molecule is Cc1ccc(=O)n(-c2ccc3nc(C4CC(N5CCCC5)C4)sc3c2)n1. The first-order valence-electron chi connectivity index (χ1n) is 9.39. The Morgan fingerprint density at radius 1 is 1.12 bits per heavy atom. The van der Waals surface area contributed by atoms with Crippen LogP contribution in [-0.2, 0) is 0 Å². The van der Waals surface area contributed by atoms with Crippen molar-refractivity contribution in [2.45, 2.75) is 44.6 Å². The average molecular weight is 366 g/mol. The van der Waals surface area contributed by atoms with Crippen LogP contribution in [0.4, 0.5) is 0 Å². The predicted octanol–water partition coefficient (Wildman–Crippen LogP) is 3.49. The summed E-state index contributed by atoms with van der Waals surface area (Å²) in [6.07, 6.45) is 5.20. The summed E-state index contributed by atoms with van der Waals surface area (Å²) in [5.41, 5.74) is 2.56. The van der Waals surface area contributed by atoms with Gasteiger partial charge in [0.1, 0.15) is 0 Å². The lowest BCUT2D eigenvalue weighted by molar-refractivity contribution is 0.136. The maximum absolute atomic E-state index is 12.1. The predicted molar refractivity (Wildman–Crippen MR) is 104 cm³/mol. The van der Waals surface area contributed by atoms with Crippen LogP contribution in [0.5, 0.6) is 0 Å². The molecule has 0 bridgehead atoms. The van der Waals surface area contributed by atoms with Gasteiger partial charge in [0.05, 0.1) is 26.6 Å². The molecule has 2 aliphatic rings. The smallest absolute Gasteiger partial charge is 0.271 e. The van der Waals surface area contributed by atoms with Gasteiger partial charge in [-0.1, -0.05) is 0 Å². The molecule has 1 aliphatic carbocycles. The van der Waals surface area contributed by atoms with E-state index in [2.05, 4.69) is 10.00 Å². The number of thiazole rings is 1. The van der Waals surface area contributed by atoms with E-state index in [0.29, 0.717) is 5.92 Å². The first-order chi connectivity index (χ1) is 12.7. The molecule has 5 rings (SSSR count). The van der Waals surface area contributed by atoms with E-state index in [-0.39, 0.29) is 5.56 Å². The fraction of sp³-hybridized carbons (Fsp3) is 0.450. The summed E-state index contributed by atoms with van der Waals surface area (Å²) in [5.74, 6) is 0.598. The molecule has 1 saturated carbocycles. The fourth-order valence-electron chi connectivity index (χ4n) is 4.12. The van der Waals surface area contributed by atoms with Crippen molar-refractivity contribution in [1.29, 1.82) is 0 Å². The highest BCUT2D eigenvalue weighted by atomic mass is 32.1. The topological polar surface area (TPSA) is 51.0 Å². The van der Waals surface area contributed by atoms with Gasteiger partial charge in [-0.2, -0.15) is 9.78 Å². The zero-order chi connectivity index (χ0) is 17.7. The molecule has 26 heavy (non-hydrogen) atoms. The van der Waals surface area contributed by atoms with Crippen LogP contribution >= 0.6 is 11.3 Å². The highest BCUT2D eigenvalue weighted by Gasteiger charge is 2.37. The zero-order valence-corrected chi connectivity index (χ0v) is 15.7. The Morgan fingerprint density at radius 3 is 2.73 bits per heavy atom. The van der Waals surface area contributed by atoms with E-state index in [1.54, 1.807) is 23.5 Å². The van der Waals surface area contributed by atoms with Crippen LogP contribution in [0.1, 0.15) is 42.3 Å². The highest BCUT2D eigenvalue weighted by molar-refractivity contribution is 7.18. The number of rotatable bonds is 3. The first-order valence-corrected chi connectivity index (χ1v) is 10.2. The van der Waals surface area contributed by atoms with Gasteiger partial charge in [-0.3, -0.25) is 4.79 Å². The molecule has 0 unspecified atom stereocenters. The number of aryl methyl sites for hydroxylation is 1. The third-order valence-electron chi connectivity index (χ3n) is 5.69. The van der Waals surface area contributed by atoms with Crippen LogP contribution in [0, 0.1) is 6.92 Å². The molecule has 1 aliphatic heterocycles. The van der Waals surface area contributed by atoms with Crippen LogP contribution in [0.15, 0.2) is 35.1 Å². The largest absolute Gasteiger partial charge is 0.300 e. The third kappa shape index (κ3) is 2.77. The molecule has 0 radical (unpaired) electrons. The van der Waals surface area contributed by atoms with E-state index < -0.39 is 0 Å². The number of hydrogen-bond donors (Lipinski definition) is 0. The maximum atomic E-state index is 12.1. The van der Waals surface area contributed by atoms with E-state index in [1.165, 1.54) is 48.5 Å². The minimum atomic E-state index is -0.105. The van der Waals surface area contributed by atoms with Gasteiger partial charge in [0.2, 0.25) is 0 Å². The van der Waals surface area contributed by atoms with Crippen molar-refractivity contribution >= 4 is 21.6 Å². The second-order valence-electron chi connectivity index (χ2n) is 7.49. The lowest BCUT2D eigenvalue weighted by atomic mass is 9.80. The molecule has 1 saturated heterocycles. The Balaban J connectivity index is 1.40. The summed E-state index contributed by atoms with van der Waals surface area (Å²) in [5, 5.41) is 5.60. The Hall–Kier alpha value is -2.05. The summed E-state index contributed by atoms with van der Waals surface area (Å²) < 4.78 is 2.61. The summed E-state index contributed by atoms with van der Waals surface area (Å²) >= 11 is 1.77. The van der Waals surface area contributed by atoms with Gasteiger partial charge < -0.3 is 4.90 Å². The molecule has 3 heterocycles. The van der Waals surface area contributed by atoms with Gasteiger partial charge in [-0.15, -0.1) is 11.3 Å². The number of hydrogen-bond acceptors (Lipinski definition) is 5. The second kappa shape index (κ2) is 6.28. The number of nitrogens with zero attached hydrogens (tertiary/aromatic N) is 4. The van der Waals surface area contributed by atoms with Gasteiger partial charge >= 0.3 is 0 Å². The van der Waals surface area contributed by atoms with Crippen molar-refractivity contribution in [3.63, 3.8) is 0 Å². The molecule has 5 nitrogen and oxygen atoms in total. The van der Waals surface area contributed by atoms with Gasteiger partial charge in [-0.25, -0.2) is 4.98 Å². The van der Waals surface area contributed by atoms with Crippen LogP contribution in [0.3, 0.4) is 0 Å². The monoisotopic (exact) mass is 366 g/mol. The van der Waals surface area contributed by atoms with E-state index in [1.807, 2.05) is 25.1 Å². The van der Waals surface area contributed by atoms with Gasteiger partial charge in [0, 0.05) is 18.0 Å². The standard InChI is InChI=1S/C20H22N4OS/c1-13-4-7-19(25)24(22-13)15-5-6-17-18(12-15)26-20(21-17)14-10-16(11-14)23-8-2-3-9-23/h4-7,12,14,16H,2-3,8-11H2,1H3. The van der Waals surface area contributed by atoms with Gasteiger partial charge in [0.25, 0.3) is 5.56 Å². The Labute approximate surface area is 156 Å². The number of likely N-dealkylation sites (tertiary alicyclic amines) is 1. The summed E-state index contributed by atoms with van der Waals surface area (Å²) in [6.45, 7) is 4.45. The normalized spacial score (nSPS) is 23.4. The molecule has 2 aromatic heterocycles. The summed E-state index contributed by atoms with van der Waals surface area (Å²) in [4.78, 5) is 19.6. The quantitative estimate of drug-likeness (QED) is 0.712. The van der Waals surface area contributed by atoms with E-state index in [0.717, 1.165) is 27.6 Å². The van der Waals surface area contributed by atoms with Crippen LogP contribution in [-0.4, -0.2) is 38.8 Å². The van der Waals surface area contributed by atoms with Crippen LogP contribution in [0.25, 0.3) is 15.9 Å². The average Bonchev–Trinajstić information content (AvgIpc) is 3.24. The molecule has 0 amide bonds. The van der Waals surface area contributed by atoms with E-state index in [9.17, 15) is 4.79 Å². The second-order valence-corrected chi connectivity index (χ2v) is 8.56. The molecule has 1 aromatic carbocycles. The number of benzene rings is 1. The molecule has 0 N–H and O–H groups in total. The maximum Gasteiger partial charge on any atom is 0.271 e. The first kappa shape index (κ1) is 16.1. The molecule has 6 heteroatoms. The van der Waals surface area contributed by atoms with Crippen LogP contribution in [0.2, 0.25) is 0 Å². The summed E-state index contributed by atoms with van der Waals surface area (Å²) in [7, 11) is 0. The molecular weight excluding hydrogens is 344 g/mol. The van der Waals surface area contributed by atoms with Gasteiger partial charge in [-0.05, 0) is 70.0 Å². The zero-order valence-electron chi connectivity index (χ0n) is 14.9. The van der Waals surface area contributed by atoms with Crippen molar-refractivity contribution in [2.24, 2.45) is 0 Å². The molecule has 3 aromatic rings. The number of fused-ring (bicyclic) bond motifs is 1. The van der Waals surface area contributed by atoms with Crippen molar-refractivity contribution in [3.8, 4) is 5.69 Å². The van der Waals surface area contributed by atoms with Crippen molar-refractivity contribution < 1.29 is 0 Å². The van der Waals surface area contributed by atoms with Gasteiger partial charge in [0.15, 0.2) is 0 Å². The molecular formula is C20H22N4OS. The van der Waals surface area contributed by atoms with Crippen molar-refractivity contribution in [3.05, 3.63) is 51.4 Å². The Kier molecular flexibility index (Phi) is 3.90.